The van der Waals surface area contributed by atoms with E-state index in [4.69, 9.17) is 9.47 Å². The van der Waals surface area contributed by atoms with Gasteiger partial charge in [-0.1, -0.05) is 6.92 Å². The lowest BCUT2D eigenvalue weighted by Gasteiger charge is -2.34. The summed E-state index contributed by atoms with van der Waals surface area (Å²) in [5.74, 6) is 1.15. The number of carbonyl (C=O) groups is 2. The maximum atomic E-state index is 12.0. The van der Waals surface area contributed by atoms with E-state index < -0.39 is 0 Å². The third-order valence-electron chi connectivity index (χ3n) is 4.90. The highest BCUT2D eigenvalue weighted by atomic mass is 16.5. The molecule has 1 aliphatic heterocycles. The van der Waals surface area contributed by atoms with Crippen molar-refractivity contribution in [1.82, 2.24) is 10.6 Å². The maximum absolute atomic E-state index is 12.0. The van der Waals surface area contributed by atoms with Gasteiger partial charge in [0.15, 0.2) is 17.3 Å². The second kappa shape index (κ2) is 9.57. The fourth-order valence-corrected chi connectivity index (χ4v) is 3.03. The number of nitrogens with one attached hydrogen (secondary N) is 2. The maximum Gasteiger partial charge on any atom is 0.220 e. The van der Waals surface area contributed by atoms with E-state index >= 15 is 0 Å². The second-order valence-corrected chi connectivity index (χ2v) is 7.21. The molecule has 0 radical (unpaired) electrons. The molecule has 26 heavy (non-hydrogen) atoms. The topological polar surface area (TPSA) is 76.7 Å². The van der Waals surface area contributed by atoms with Gasteiger partial charge in [0.05, 0.1) is 13.7 Å². The van der Waals surface area contributed by atoms with Gasteiger partial charge in [-0.2, -0.15) is 0 Å². The Morgan fingerprint density at radius 2 is 1.96 bits per heavy atom. The van der Waals surface area contributed by atoms with Crippen LogP contribution in [0.3, 0.4) is 0 Å². The lowest BCUT2D eigenvalue weighted by atomic mass is 9.81. The number of benzene rings is 1. The number of piperidine rings is 1. The van der Waals surface area contributed by atoms with Crippen molar-refractivity contribution < 1.29 is 19.1 Å². The summed E-state index contributed by atoms with van der Waals surface area (Å²) in [6.45, 7) is 6.93. The number of ether oxygens (including phenoxy) is 2. The molecule has 0 aromatic heterocycles. The number of hydrogen-bond donors (Lipinski definition) is 2. The standard InChI is InChI=1S/C20H30N2O4/c1-15(23)16-6-7-17(18(13-16)25-3)26-12-4-5-19(24)22-14-20(2)8-10-21-11-9-20/h6-7,13,21H,4-5,8-12,14H2,1-3H3,(H,22,24). The highest BCUT2D eigenvalue weighted by Gasteiger charge is 2.26. The van der Waals surface area contributed by atoms with E-state index in [1.807, 2.05) is 0 Å². The molecular formula is C20H30N2O4. The van der Waals surface area contributed by atoms with Crippen LogP contribution < -0.4 is 20.1 Å². The van der Waals surface area contributed by atoms with Gasteiger partial charge in [0.25, 0.3) is 0 Å². The molecule has 1 aliphatic rings. The normalized spacial score (nSPS) is 16.0. The fourth-order valence-electron chi connectivity index (χ4n) is 3.03. The number of amides is 1. The summed E-state index contributed by atoms with van der Waals surface area (Å²) in [4.78, 5) is 23.5. The highest BCUT2D eigenvalue weighted by molar-refractivity contribution is 5.94. The number of hydrogen-bond acceptors (Lipinski definition) is 5. The van der Waals surface area contributed by atoms with Gasteiger partial charge in [-0.15, -0.1) is 0 Å². The lowest BCUT2D eigenvalue weighted by molar-refractivity contribution is -0.121. The Morgan fingerprint density at radius 1 is 1.23 bits per heavy atom. The largest absolute Gasteiger partial charge is 0.493 e. The van der Waals surface area contributed by atoms with Gasteiger partial charge >= 0.3 is 0 Å². The zero-order valence-electron chi connectivity index (χ0n) is 16.0. The number of ketones is 1. The number of Topliss-reactive ketones (excluding diaryl/α,β-unsaturated/α-hetero) is 1. The molecule has 6 nitrogen and oxygen atoms in total. The van der Waals surface area contributed by atoms with Crippen LogP contribution >= 0.6 is 0 Å². The van der Waals surface area contributed by atoms with E-state index in [0.29, 0.717) is 36.5 Å². The Balaban J connectivity index is 1.71. The van der Waals surface area contributed by atoms with Crippen LogP contribution in [0.5, 0.6) is 11.5 Å². The van der Waals surface area contributed by atoms with Crippen LogP contribution in [0, 0.1) is 5.41 Å². The Kier molecular flexibility index (Phi) is 7.45. The van der Waals surface area contributed by atoms with Crippen molar-refractivity contribution in [2.75, 3.05) is 33.4 Å². The smallest absolute Gasteiger partial charge is 0.220 e. The zero-order chi connectivity index (χ0) is 19.0. The first-order chi connectivity index (χ1) is 12.4. The molecule has 6 heteroatoms. The average Bonchev–Trinajstić information content (AvgIpc) is 2.64. The summed E-state index contributed by atoms with van der Waals surface area (Å²) in [5, 5.41) is 6.40. The number of carbonyl (C=O) groups excluding carboxylic acids is 2. The first-order valence-corrected chi connectivity index (χ1v) is 9.23. The van der Waals surface area contributed by atoms with E-state index in [-0.39, 0.29) is 17.1 Å². The van der Waals surface area contributed by atoms with Gasteiger partial charge in [-0.3, -0.25) is 9.59 Å². The molecule has 144 valence electrons. The summed E-state index contributed by atoms with van der Waals surface area (Å²) in [6.07, 6.45) is 3.24. The molecule has 0 bridgehead atoms. The molecule has 1 saturated heterocycles. The summed E-state index contributed by atoms with van der Waals surface area (Å²) >= 11 is 0. The highest BCUT2D eigenvalue weighted by Crippen LogP contribution is 2.28. The predicted octanol–water partition coefficient (Wildman–Crippen LogP) is 2.56. The monoisotopic (exact) mass is 362 g/mol. The van der Waals surface area contributed by atoms with Crippen LogP contribution in [-0.4, -0.2) is 45.0 Å². The number of rotatable bonds is 9. The lowest BCUT2D eigenvalue weighted by Crippen LogP contribution is -2.42. The minimum absolute atomic E-state index is 0.0195. The van der Waals surface area contributed by atoms with Crippen molar-refractivity contribution in [2.45, 2.75) is 39.5 Å². The molecule has 0 unspecified atom stereocenters. The summed E-state index contributed by atoms with van der Waals surface area (Å²) in [5.41, 5.74) is 0.781. The molecule has 0 saturated carbocycles. The molecule has 1 aromatic carbocycles. The summed E-state index contributed by atoms with van der Waals surface area (Å²) in [7, 11) is 1.54. The van der Waals surface area contributed by atoms with E-state index in [2.05, 4.69) is 17.6 Å². The fraction of sp³-hybridized carbons (Fsp3) is 0.600. The van der Waals surface area contributed by atoms with Crippen molar-refractivity contribution in [3.8, 4) is 11.5 Å². The van der Waals surface area contributed by atoms with Crippen molar-refractivity contribution in [3.63, 3.8) is 0 Å². The Morgan fingerprint density at radius 3 is 2.62 bits per heavy atom. The summed E-state index contributed by atoms with van der Waals surface area (Å²) in [6, 6.07) is 5.12. The molecule has 1 fully saturated rings. The van der Waals surface area contributed by atoms with Gasteiger partial charge in [0.2, 0.25) is 5.91 Å². The van der Waals surface area contributed by atoms with Crippen molar-refractivity contribution >= 4 is 11.7 Å². The van der Waals surface area contributed by atoms with Crippen LogP contribution in [0.2, 0.25) is 0 Å². The van der Waals surface area contributed by atoms with Gasteiger partial charge in [-0.25, -0.2) is 0 Å². The third-order valence-corrected chi connectivity index (χ3v) is 4.90. The molecule has 1 amide bonds. The predicted molar refractivity (Wildman–Crippen MR) is 101 cm³/mol. The molecule has 1 aromatic rings. The molecule has 2 rings (SSSR count). The SMILES string of the molecule is COc1cc(C(C)=O)ccc1OCCCC(=O)NCC1(C)CCNCC1. The van der Waals surface area contributed by atoms with Crippen molar-refractivity contribution in [2.24, 2.45) is 5.41 Å². The molecular weight excluding hydrogens is 332 g/mol. The van der Waals surface area contributed by atoms with Gasteiger partial charge in [0.1, 0.15) is 0 Å². The first kappa shape index (κ1) is 20.2. The number of methoxy groups -OCH3 is 1. The molecule has 0 aliphatic carbocycles. The van der Waals surface area contributed by atoms with E-state index in [1.54, 1.807) is 25.3 Å². The Hall–Kier alpha value is -2.08. The average molecular weight is 362 g/mol. The van der Waals surface area contributed by atoms with Crippen LogP contribution in [0.25, 0.3) is 0 Å². The van der Waals surface area contributed by atoms with Crippen LogP contribution in [0.4, 0.5) is 0 Å². The minimum Gasteiger partial charge on any atom is -0.493 e. The Bertz CT molecular complexity index is 624. The van der Waals surface area contributed by atoms with Gasteiger partial charge < -0.3 is 20.1 Å². The molecule has 2 N–H and O–H groups in total. The van der Waals surface area contributed by atoms with E-state index in [1.165, 1.54) is 6.92 Å². The van der Waals surface area contributed by atoms with Gasteiger partial charge in [0, 0.05) is 18.5 Å². The van der Waals surface area contributed by atoms with Crippen molar-refractivity contribution in [3.05, 3.63) is 23.8 Å². The van der Waals surface area contributed by atoms with E-state index in [0.717, 1.165) is 32.5 Å². The zero-order valence-corrected chi connectivity index (χ0v) is 16.0. The third kappa shape index (κ3) is 6.02. The quantitative estimate of drug-likeness (QED) is 0.521. The van der Waals surface area contributed by atoms with Crippen molar-refractivity contribution in [1.29, 1.82) is 0 Å². The molecule has 1 heterocycles. The minimum atomic E-state index is -0.0195. The van der Waals surface area contributed by atoms with Crippen LogP contribution in [-0.2, 0) is 4.79 Å². The second-order valence-electron chi connectivity index (χ2n) is 7.21. The Labute approximate surface area is 155 Å². The van der Waals surface area contributed by atoms with Crippen LogP contribution in [0.1, 0.15) is 49.9 Å². The van der Waals surface area contributed by atoms with Gasteiger partial charge in [-0.05, 0) is 62.9 Å². The molecule has 0 spiro atoms. The summed E-state index contributed by atoms with van der Waals surface area (Å²) < 4.78 is 11.0. The first-order valence-electron chi connectivity index (χ1n) is 9.23. The van der Waals surface area contributed by atoms with E-state index in [9.17, 15) is 9.59 Å². The molecule has 0 atom stereocenters. The van der Waals surface area contributed by atoms with Crippen LogP contribution in [0.15, 0.2) is 18.2 Å².